The Kier molecular flexibility index (Phi) is 5.27. The van der Waals surface area contributed by atoms with Crippen LogP contribution in [0.4, 0.5) is 0 Å². The molecule has 1 aromatic rings. The number of nitriles is 1. The van der Waals surface area contributed by atoms with Crippen molar-refractivity contribution in [2.45, 2.75) is 32.9 Å². The van der Waals surface area contributed by atoms with Gasteiger partial charge in [0.2, 0.25) is 0 Å². The van der Waals surface area contributed by atoms with Crippen LogP contribution in [0.25, 0.3) is 0 Å². The fraction of sp³-hybridized carbons (Fsp3) is 0.636. The van der Waals surface area contributed by atoms with Gasteiger partial charge in [0.15, 0.2) is 6.54 Å². The number of unbranched alkanes of at least 4 members (excludes halogenated alkanes) is 1. The summed E-state index contributed by atoms with van der Waals surface area (Å²) in [5.74, 6) is 2.40. The molecule has 0 spiro atoms. The second-order valence-electron chi connectivity index (χ2n) is 3.52. The molecule has 0 bridgehead atoms. The Morgan fingerprint density at radius 3 is 3.00 bits per heavy atom. The summed E-state index contributed by atoms with van der Waals surface area (Å²) in [6, 6.07) is 2.16. The first-order valence-corrected chi connectivity index (χ1v) is 6.60. The van der Waals surface area contributed by atoms with Crippen molar-refractivity contribution in [3.63, 3.8) is 0 Å². The molecule has 82 valence electrons. The molecule has 1 rings (SSSR count). The fourth-order valence-electron chi connectivity index (χ4n) is 1.55. The summed E-state index contributed by atoms with van der Waals surface area (Å²) >= 11 is 1.90. The van der Waals surface area contributed by atoms with Crippen molar-refractivity contribution in [3.05, 3.63) is 18.2 Å². The lowest BCUT2D eigenvalue weighted by Crippen LogP contribution is -2.35. The van der Waals surface area contributed by atoms with Crippen molar-refractivity contribution in [2.75, 3.05) is 12.0 Å². The molecule has 1 aromatic heterocycles. The molecule has 1 heterocycles. The van der Waals surface area contributed by atoms with E-state index in [1.54, 1.807) is 0 Å². The van der Waals surface area contributed by atoms with Gasteiger partial charge in [-0.3, -0.25) is 0 Å². The van der Waals surface area contributed by atoms with Gasteiger partial charge in [-0.1, -0.05) is 0 Å². The average Bonchev–Trinajstić information content (AvgIpc) is 2.57. The predicted molar refractivity (Wildman–Crippen MR) is 62.6 cm³/mol. The number of rotatable bonds is 6. The van der Waals surface area contributed by atoms with Crippen LogP contribution in [-0.2, 0) is 13.1 Å². The highest BCUT2D eigenvalue weighted by molar-refractivity contribution is 7.98. The molecule has 4 heteroatoms. The van der Waals surface area contributed by atoms with Crippen LogP contribution in [0.15, 0.2) is 12.4 Å². The predicted octanol–water partition coefficient (Wildman–Crippen LogP) is 1.75. The van der Waals surface area contributed by atoms with Gasteiger partial charge in [0, 0.05) is 6.92 Å². The number of hydrogen-bond acceptors (Lipinski definition) is 2. The van der Waals surface area contributed by atoms with Crippen molar-refractivity contribution >= 4 is 11.8 Å². The molecule has 0 amide bonds. The van der Waals surface area contributed by atoms with Gasteiger partial charge in [-0.05, 0) is 24.9 Å². The Labute approximate surface area is 95.7 Å². The Balaban J connectivity index is 2.44. The number of aromatic nitrogens is 2. The highest BCUT2D eigenvalue weighted by Crippen LogP contribution is 2.00. The van der Waals surface area contributed by atoms with Gasteiger partial charge >= 0.3 is 0 Å². The van der Waals surface area contributed by atoms with Crippen molar-refractivity contribution in [3.8, 4) is 6.07 Å². The zero-order chi connectivity index (χ0) is 11.1. The van der Waals surface area contributed by atoms with Crippen molar-refractivity contribution < 1.29 is 4.57 Å². The minimum absolute atomic E-state index is 0.448. The van der Waals surface area contributed by atoms with Crippen LogP contribution in [0.1, 0.15) is 18.7 Å². The largest absolute Gasteiger partial charge is 0.254 e. The summed E-state index contributed by atoms with van der Waals surface area (Å²) in [6.45, 7) is 3.57. The Hall–Kier alpha value is -0.950. The minimum atomic E-state index is 0.448. The normalized spacial score (nSPS) is 10.2. The van der Waals surface area contributed by atoms with Crippen LogP contribution >= 0.6 is 11.8 Å². The second kappa shape index (κ2) is 6.52. The molecule has 0 saturated carbocycles. The van der Waals surface area contributed by atoms with E-state index in [1.807, 2.05) is 22.5 Å². The van der Waals surface area contributed by atoms with Gasteiger partial charge < -0.3 is 0 Å². The van der Waals surface area contributed by atoms with Crippen LogP contribution in [0, 0.1) is 18.3 Å². The van der Waals surface area contributed by atoms with Crippen LogP contribution in [-0.4, -0.2) is 16.6 Å². The number of nitrogens with zero attached hydrogens (tertiary/aromatic N) is 3. The summed E-state index contributed by atoms with van der Waals surface area (Å²) in [7, 11) is 0. The van der Waals surface area contributed by atoms with Gasteiger partial charge in [0.05, 0.1) is 6.54 Å². The Morgan fingerprint density at radius 1 is 1.53 bits per heavy atom. The van der Waals surface area contributed by atoms with E-state index >= 15 is 0 Å². The topological polar surface area (TPSA) is 32.6 Å². The van der Waals surface area contributed by atoms with Crippen molar-refractivity contribution in [1.29, 1.82) is 5.26 Å². The first kappa shape index (κ1) is 12.1. The summed E-state index contributed by atoms with van der Waals surface area (Å²) < 4.78 is 4.20. The summed E-state index contributed by atoms with van der Waals surface area (Å²) in [6.07, 6.45) is 8.65. The third-order valence-electron chi connectivity index (χ3n) is 2.50. The van der Waals surface area contributed by atoms with Crippen LogP contribution in [0.3, 0.4) is 0 Å². The zero-order valence-electron chi connectivity index (χ0n) is 9.44. The maximum atomic E-state index is 8.62. The molecule has 0 atom stereocenters. The summed E-state index contributed by atoms with van der Waals surface area (Å²) in [5.41, 5.74) is 0. The molecule has 0 radical (unpaired) electrons. The highest BCUT2D eigenvalue weighted by Gasteiger charge is 2.10. The van der Waals surface area contributed by atoms with E-state index < -0.39 is 0 Å². The monoisotopic (exact) mass is 224 g/mol. The first-order chi connectivity index (χ1) is 7.29. The molecule has 0 aliphatic rings. The van der Waals surface area contributed by atoms with E-state index in [2.05, 4.69) is 30.0 Å². The Bertz CT molecular complexity index is 338. The molecule has 0 N–H and O–H groups in total. The lowest BCUT2D eigenvalue weighted by atomic mass is 10.3. The smallest absolute Gasteiger partial charge is 0.234 e. The summed E-state index contributed by atoms with van der Waals surface area (Å²) in [5, 5.41) is 8.62. The average molecular weight is 224 g/mol. The van der Waals surface area contributed by atoms with Gasteiger partial charge in [0.1, 0.15) is 18.5 Å². The molecule has 0 aliphatic carbocycles. The van der Waals surface area contributed by atoms with Crippen LogP contribution in [0.5, 0.6) is 0 Å². The van der Waals surface area contributed by atoms with Gasteiger partial charge in [-0.2, -0.15) is 17.0 Å². The minimum Gasteiger partial charge on any atom is -0.234 e. The van der Waals surface area contributed by atoms with Crippen molar-refractivity contribution in [1.82, 2.24) is 4.57 Å². The van der Waals surface area contributed by atoms with E-state index in [9.17, 15) is 0 Å². The SMILES string of the molecule is CSCCCC[n+]1ccn(CC#N)c1C. The quantitative estimate of drug-likeness (QED) is 0.545. The standard InChI is InChI=1S/C11H18N3S/c1-11-13(6-3-4-10-15-2)8-9-14(11)7-5-12/h8-9H,3-4,6-7,10H2,1-2H3/q+1. The zero-order valence-corrected chi connectivity index (χ0v) is 10.3. The van der Waals surface area contributed by atoms with Crippen molar-refractivity contribution in [2.24, 2.45) is 0 Å². The van der Waals surface area contributed by atoms with E-state index in [0.717, 1.165) is 6.54 Å². The molecule has 0 aromatic carbocycles. The first-order valence-electron chi connectivity index (χ1n) is 5.20. The molecule has 0 saturated heterocycles. The molecule has 0 aliphatic heterocycles. The van der Waals surface area contributed by atoms with Gasteiger partial charge in [-0.25, -0.2) is 9.13 Å². The van der Waals surface area contributed by atoms with E-state index in [1.165, 1.54) is 24.4 Å². The van der Waals surface area contributed by atoms with Gasteiger partial charge in [-0.15, -0.1) is 0 Å². The van der Waals surface area contributed by atoms with Crippen LogP contribution < -0.4 is 4.57 Å². The Morgan fingerprint density at radius 2 is 2.33 bits per heavy atom. The molecular weight excluding hydrogens is 206 g/mol. The van der Waals surface area contributed by atoms with E-state index in [-0.39, 0.29) is 0 Å². The molecule has 0 fully saturated rings. The lowest BCUT2D eigenvalue weighted by molar-refractivity contribution is -0.702. The molecule has 0 unspecified atom stereocenters. The third-order valence-corrected chi connectivity index (χ3v) is 3.19. The van der Waals surface area contributed by atoms with E-state index in [0.29, 0.717) is 6.54 Å². The highest BCUT2D eigenvalue weighted by atomic mass is 32.2. The fourth-order valence-corrected chi connectivity index (χ4v) is 2.04. The molecule has 15 heavy (non-hydrogen) atoms. The number of imidazole rings is 1. The third kappa shape index (κ3) is 3.60. The molecule has 3 nitrogen and oxygen atoms in total. The maximum Gasteiger partial charge on any atom is 0.254 e. The van der Waals surface area contributed by atoms with E-state index in [4.69, 9.17) is 5.26 Å². The van der Waals surface area contributed by atoms with Gasteiger partial charge in [0.25, 0.3) is 5.82 Å². The van der Waals surface area contributed by atoms with Crippen LogP contribution in [0.2, 0.25) is 0 Å². The lowest BCUT2D eigenvalue weighted by Gasteiger charge is -1.99. The number of hydrogen-bond donors (Lipinski definition) is 0. The number of aryl methyl sites for hydroxylation is 1. The number of thioether (sulfide) groups is 1. The maximum absolute atomic E-state index is 8.62. The molecular formula is C11H18N3S+. The second-order valence-corrected chi connectivity index (χ2v) is 4.51. The summed E-state index contributed by atoms with van der Waals surface area (Å²) in [4.78, 5) is 0.